The molecule has 0 bridgehead atoms. The quantitative estimate of drug-likeness (QED) is 0.393. The van der Waals surface area contributed by atoms with Crippen LogP contribution in [0.1, 0.15) is 23.6 Å². The number of nitrogens with zero attached hydrogens (tertiary/aromatic N) is 2. The van der Waals surface area contributed by atoms with E-state index in [1.54, 1.807) is 31.2 Å². The Balaban J connectivity index is 1.76. The molecule has 0 aliphatic carbocycles. The predicted molar refractivity (Wildman–Crippen MR) is 141 cm³/mol. The molecule has 7 nitrogen and oxygen atoms in total. The number of rotatable bonds is 12. The van der Waals surface area contributed by atoms with Crippen LogP contribution in [0.3, 0.4) is 0 Å². The molecular formula is C28H32FN3O4S. The van der Waals surface area contributed by atoms with Crippen molar-refractivity contribution in [3.63, 3.8) is 0 Å². The van der Waals surface area contributed by atoms with Crippen molar-refractivity contribution in [1.82, 2.24) is 14.5 Å². The highest BCUT2D eigenvalue weighted by Crippen LogP contribution is 2.14. The van der Waals surface area contributed by atoms with Crippen LogP contribution >= 0.6 is 0 Å². The number of amides is 2. The van der Waals surface area contributed by atoms with E-state index in [2.05, 4.69) is 5.32 Å². The number of nitrogens with one attached hydrogen (secondary N) is 1. The van der Waals surface area contributed by atoms with Gasteiger partial charge in [0, 0.05) is 19.6 Å². The Hall–Kier alpha value is -3.56. The lowest BCUT2D eigenvalue weighted by atomic mass is 10.1. The highest BCUT2D eigenvalue weighted by atomic mass is 32.2. The monoisotopic (exact) mass is 525 g/mol. The third kappa shape index (κ3) is 8.80. The van der Waals surface area contributed by atoms with Crippen molar-refractivity contribution in [3.8, 4) is 0 Å². The Bertz CT molecular complexity index is 1270. The molecule has 1 N–H and O–H groups in total. The van der Waals surface area contributed by atoms with Crippen molar-refractivity contribution >= 4 is 21.8 Å². The largest absolute Gasteiger partial charge is 0.354 e. The van der Waals surface area contributed by atoms with Crippen LogP contribution in [0.25, 0.3) is 0 Å². The highest BCUT2D eigenvalue weighted by molar-refractivity contribution is 7.88. The van der Waals surface area contributed by atoms with Crippen LogP contribution in [-0.2, 0) is 39.1 Å². The van der Waals surface area contributed by atoms with E-state index >= 15 is 0 Å². The molecule has 0 aliphatic heterocycles. The normalized spacial score (nSPS) is 12.2. The molecule has 0 aliphatic rings. The molecule has 0 aromatic heterocycles. The molecule has 1 atom stereocenters. The summed E-state index contributed by atoms with van der Waals surface area (Å²) in [4.78, 5) is 27.8. The van der Waals surface area contributed by atoms with E-state index in [0.29, 0.717) is 18.5 Å². The van der Waals surface area contributed by atoms with Crippen molar-refractivity contribution in [2.24, 2.45) is 0 Å². The molecule has 0 fully saturated rings. The van der Waals surface area contributed by atoms with Gasteiger partial charge in [0.2, 0.25) is 21.8 Å². The molecule has 0 heterocycles. The van der Waals surface area contributed by atoms with E-state index in [0.717, 1.165) is 21.7 Å². The van der Waals surface area contributed by atoms with Crippen LogP contribution in [0.15, 0.2) is 84.9 Å². The van der Waals surface area contributed by atoms with E-state index in [-0.39, 0.29) is 19.0 Å². The number of sulfonamides is 1. The predicted octanol–water partition coefficient (Wildman–Crippen LogP) is 3.36. The maximum Gasteiger partial charge on any atom is 0.242 e. The zero-order valence-corrected chi connectivity index (χ0v) is 21.8. The standard InChI is InChI=1S/C28H32FN3O4S/c1-22(28(34)30-18-17-23-9-5-3-6-10-23)32(20-25-13-15-26(29)16-14-25)27(33)21-31(37(2,35)36)19-24-11-7-4-8-12-24/h3-16,22H,17-21H2,1-2H3,(H,30,34)/t22-/m0/s1. The Morgan fingerprint density at radius 1 is 0.838 bits per heavy atom. The van der Waals surface area contributed by atoms with Crippen molar-refractivity contribution < 1.29 is 22.4 Å². The number of carbonyl (C=O) groups is 2. The second-order valence-electron chi connectivity index (χ2n) is 8.87. The number of hydrogen-bond acceptors (Lipinski definition) is 4. The first kappa shape index (κ1) is 28.0. The number of hydrogen-bond donors (Lipinski definition) is 1. The van der Waals surface area contributed by atoms with Gasteiger partial charge in [0.05, 0.1) is 12.8 Å². The first-order chi connectivity index (χ1) is 17.6. The summed E-state index contributed by atoms with van der Waals surface area (Å²) in [6, 6.07) is 23.4. The summed E-state index contributed by atoms with van der Waals surface area (Å²) < 4.78 is 39.5. The topological polar surface area (TPSA) is 86.8 Å². The summed E-state index contributed by atoms with van der Waals surface area (Å²) in [6.45, 7) is 1.59. The van der Waals surface area contributed by atoms with Crippen LogP contribution in [-0.4, -0.2) is 54.8 Å². The first-order valence-electron chi connectivity index (χ1n) is 12.0. The smallest absolute Gasteiger partial charge is 0.242 e. The van der Waals surface area contributed by atoms with Gasteiger partial charge in [-0.25, -0.2) is 12.8 Å². The molecule has 2 amide bonds. The van der Waals surface area contributed by atoms with Gasteiger partial charge in [-0.2, -0.15) is 4.31 Å². The summed E-state index contributed by atoms with van der Waals surface area (Å²) in [5.41, 5.74) is 2.42. The van der Waals surface area contributed by atoms with E-state index in [9.17, 15) is 22.4 Å². The molecular weight excluding hydrogens is 493 g/mol. The fraction of sp³-hybridized carbons (Fsp3) is 0.286. The van der Waals surface area contributed by atoms with Gasteiger partial charge in [-0.05, 0) is 42.2 Å². The molecule has 9 heteroatoms. The van der Waals surface area contributed by atoms with E-state index < -0.39 is 34.3 Å². The molecule has 0 saturated carbocycles. The van der Waals surface area contributed by atoms with Crippen molar-refractivity contribution in [1.29, 1.82) is 0 Å². The molecule has 0 unspecified atom stereocenters. The molecule has 196 valence electrons. The Labute approximate surface area is 218 Å². The van der Waals surface area contributed by atoms with Gasteiger partial charge in [-0.15, -0.1) is 0 Å². The molecule has 3 rings (SSSR count). The van der Waals surface area contributed by atoms with Gasteiger partial charge >= 0.3 is 0 Å². The van der Waals surface area contributed by atoms with Crippen LogP contribution in [0.5, 0.6) is 0 Å². The average molecular weight is 526 g/mol. The van der Waals surface area contributed by atoms with Crippen LogP contribution in [0.2, 0.25) is 0 Å². The zero-order chi connectivity index (χ0) is 26.8. The van der Waals surface area contributed by atoms with Gasteiger partial charge in [0.15, 0.2) is 0 Å². The first-order valence-corrected chi connectivity index (χ1v) is 13.8. The minimum Gasteiger partial charge on any atom is -0.354 e. The molecule has 37 heavy (non-hydrogen) atoms. The van der Waals surface area contributed by atoms with Crippen LogP contribution < -0.4 is 5.32 Å². The maximum atomic E-state index is 13.5. The Morgan fingerprint density at radius 2 is 1.38 bits per heavy atom. The summed E-state index contributed by atoms with van der Waals surface area (Å²) >= 11 is 0. The second kappa shape index (κ2) is 13.1. The highest BCUT2D eigenvalue weighted by Gasteiger charge is 2.29. The second-order valence-corrected chi connectivity index (χ2v) is 10.8. The Morgan fingerprint density at radius 3 is 1.95 bits per heavy atom. The van der Waals surface area contributed by atoms with Crippen molar-refractivity contribution in [2.75, 3.05) is 19.3 Å². The van der Waals surface area contributed by atoms with Crippen molar-refractivity contribution in [3.05, 3.63) is 107 Å². The van der Waals surface area contributed by atoms with E-state index in [1.807, 2.05) is 36.4 Å². The third-order valence-electron chi connectivity index (χ3n) is 5.97. The van der Waals surface area contributed by atoms with Crippen LogP contribution in [0, 0.1) is 5.82 Å². The zero-order valence-electron chi connectivity index (χ0n) is 21.0. The van der Waals surface area contributed by atoms with Gasteiger partial charge < -0.3 is 10.2 Å². The minimum atomic E-state index is -3.73. The average Bonchev–Trinajstić information content (AvgIpc) is 2.88. The van der Waals surface area contributed by atoms with Crippen molar-refractivity contribution in [2.45, 2.75) is 32.5 Å². The lowest BCUT2D eigenvalue weighted by Gasteiger charge is -2.31. The number of benzene rings is 3. The number of halogens is 1. The third-order valence-corrected chi connectivity index (χ3v) is 7.17. The minimum absolute atomic E-state index is 0.0213. The lowest BCUT2D eigenvalue weighted by molar-refractivity contribution is -0.140. The Kier molecular flexibility index (Phi) is 9.93. The van der Waals surface area contributed by atoms with E-state index in [1.165, 1.54) is 29.2 Å². The maximum absolute atomic E-state index is 13.5. The molecule has 0 saturated heterocycles. The van der Waals surface area contributed by atoms with Gasteiger partial charge in [-0.3, -0.25) is 9.59 Å². The van der Waals surface area contributed by atoms with Gasteiger partial charge in [0.25, 0.3) is 0 Å². The lowest BCUT2D eigenvalue weighted by Crippen LogP contribution is -2.51. The fourth-order valence-electron chi connectivity index (χ4n) is 3.81. The molecule has 3 aromatic carbocycles. The van der Waals surface area contributed by atoms with Gasteiger partial charge in [0.1, 0.15) is 11.9 Å². The molecule has 0 spiro atoms. The number of carbonyl (C=O) groups excluding carboxylic acids is 2. The SMILES string of the molecule is C[C@@H](C(=O)NCCc1ccccc1)N(Cc1ccc(F)cc1)C(=O)CN(Cc1ccccc1)S(C)(=O)=O. The van der Waals surface area contributed by atoms with Crippen LogP contribution in [0.4, 0.5) is 4.39 Å². The van der Waals surface area contributed by atoms with Gasteiger partial charge in [-0.1, -0.05) is 72.8 Å². The molecule has 0 radical (unpaired) electrons. The van der Waals surface area contributed by atoms with E-state index in [4.69, 9.17) is 0 Å². The summed E-state index contributed by atoms with van der Waals surface area (Å²) in [6.07, 6.45) is 1.68. The summed E-state index contributed by atoms with van der Waals surface area (Å²) in [7, 11) is -3.73. The summed E-state index contributed by atoms with van der Waals surface area (Å²) in [5.74, 6) is -1.31. The molecule has 3 aromatic rings. The summed E-state index contributed by atoms with van der Waals surface area (Å²) in [5, 5.41) is 2.86. The fourth-order valence-corrected chi connectivity index (χ4v) is 4.54.